The molecule has 0 unspecified atom stereocenters. The number of urea groups is 1. The summed E-state index contributed by atoms with van der Waals surface area (Å²) in [5.41, 5.74) is 0.367. The molecule has 1 N–H and O–H groups in total. The third-order valence-electron chi connectivity index (χ3n) is 3.88. The number of hydrogen-bond donors (Lipinski definition) is 1. The van der Waals surface area contributed by atoms with Gasteiger partial charge < -0.3 is 13.8 Å². The molecule has 0 radical (unpaired) electrons. The van der Waals surface area contributed by atoms with Crippen molar-refractivity contribution in [3.63, 3.8) is 0 Å². The fraction of sp³-hybridized carbons (Fsp3) is 0.455. The van der Waals surface area contributed by atoms with Crippen LogP contribution in [0.4, 0.5) is 4.79 Å². The summed E-state index contributed by atoms with van der Waals surface area (Å²) in [6, 6.07) is -0.136. The lowest BCUT2D eigenvalue weighted by Crippen LogP contribution is -2.35. The maximum Gasteiger partial charge on any atom is 0.418 e. The van der Waals surface area contributed by atoms with E-state index in [1.807, 2.05) is 0 Å². The Kier molecular flexibility index (Phi) is 3.29. The van der Waals surface area contributed by atoms with Crippen molar-refractivity contribution in [3.8, 4) is 11.6 Å². The van der Waals surface area contributed by atoms with Gasteiger partial charge in [0.05, 0.1) is 6.04 Å². The van der Waals surface area contributed by atoms with Gasteiger partial charge >= 0.3 is 16.4 Å². The predicted octanol–water partition coefficient (Wildman–Crippen LogP) is 0.400. The maximum absolute atomic E-state index is 12.3. The molecule has 2 fully saturated rings. The van der Waals surface area contributed by atoms with Crippen LogP contribution in [0.15, 0.2) is 21.3 Å². The molecule has 2 bridgehead atoms. The second-order valence-electron chi connectivity index (χ2n) is 5.34. The largest absolute Gasteiger partial charge is 0.418 e. The summed E-state index contributed by atoms with van der Waals surface area (Å²) >= 11 is 0. The van der Waals surface area contributed by atoms with E-state index < -0.39 is 28.5 Å². The molecule has 2 amide bonds. The number of hydrogen-bond acceptors (Lipinski definition) is 9. The molecule has 2 atom stereocenters. The molecule has 2 aromatic heterocycles. The molecule has 0 aromatic carbocycles. The van der Waals surface area contributed by atoms with Gasteiger partial charge in [-0.2, -0.15) is 13.5 Å². The molecule has 12 nitrogen and oxygen atoms in total. The van der Waals surface area contributed by atoms with Crippen molar-refractivity contribution < 1.29 is 31.0 Å². The van der Waals surface area contributed by atoms with Crippen LogP contribution in [0.1, 0.15) is 24.8 Å². The predicted molar refractivity (Wildman–Crippen MR) is 72.1 cm³/mol. The number of hydroxylamine groups is 2. The van der Waals surface area contributed by atoms with Gasteiger partial charge in [-0.15, -0.1) is 14.5 Å². The molecule has 0 aliphatic carbocycles. The smallest absolute Gasteiger partial charge is 0.417 e. The Morgan fingerprint density at radius 1 is 1.33 bits per heavy atom. The van der Waals surface area contributed by atoms with E-state index >= 15 is 0 Å². The second-order valence-corrected chi connectivity index (χ2v) is 6.34. The SMILES string of the molecule is O=C1N2C[C@H](CC[C@@H]2c2nnc(-c3ccon3)o2)N1OS(=O)(=O)O. The Morgan fingerprint density at radius 2 is 2.17 bits per heavy atom. The molecule has 4 rings (SSSR count). The minimum absolute atomic E-state index is 0.151. The second kappa shape index (κ2) is 5.25. The molecule has 24 heavy (non-hydrogen) atoms. The average molecular weight is 357 g/mol. The number of amides is 2. The Balaban J connectivity index is 1.58. The first-order valence-corrected chi connectivity index (χ1v) is 8.30. The van der Waals surface area contributed by atoms with E-state index in [-0.39, 0.29) is 18.3 Å². The zero-order valence-electron chi connectivity index (χ0n) is 12.0. The van der Waals surface area contributed by atoms with Crippen LogP contribution in [0.5, 0.6) is 0 Å². The number of carbonyl (C=O) groups is 1. The highest BCUT2D eigenvalue weighted by atomic mass is 32.3. The van der Waals surface area contributed by atoms with E-state index in [4.69, 9.17) is 13.5 Å². The van der Waals surface area contributed by atoms with E-state index in [1.54, 1.807) is 6.07 Å². The minimum Gasteiger partial charge on any atom is -0.417 e. The molecule has 13 heteroatoms. The van der Waals surface area contributed by atoms with Gasteiger partial charge in [0.25, 0.3) is 5.89 Å². The summed E-state index contributed by atoms with van der Waals surface area (Å²) in [6.07, 6.45) is 2.28. The lowest BCUT2D eigenvalue weighted by atomic mass is 10.0. The number of carbonyl (C=O) groups excluding carboxylic acids is 1. The molecular formula is C11H11N5O7S. The van der Waals surface area contributed by atoms with Gasteiger partial charge in [-0.05, 0) is 12.8 Å². The third kappa shape index (κ3) is 2.51. The molecule has 0 saturated carbocycles. The highest BCUT2D eigenvalue weighted by Crippen LogP contribution is 2.38. The van der Waals surface area contributed by atoms with E-state index in [0.29, 0.717) is 23.6 Å². The molecule has 2 saturated heterocycles. The van der Waals surface area contributed by atoms with Crippen LogP contribution < -0.4 is 0 Å². The number of rotatable bonds is 4. The van der Waals surface area contributed by atoms with E-state index in [2.05, 4.69) is 19.6 Å². The van der Waals surface area contributed by atoms with Gasteiger partial charge in [0, 0.05) is 12.6 Å². The summed E-state index contributed by atoms with van der Waals surface area (Å²) in [7, 11) is -4.78. The van der Waals surface area contributed by atoms with Crippen LogP contribution in [-0.4, -0.2) is 56.9 Å². The fourth-order valence-corrected chi connectivity index (χ4v) is 3.27. The zero-order chi connectivity index (χ0) is 16.9. The Hall–Kier alpha value is -2.51. The first-order valence-electron chi connectivity index (χ1n) is 6.93. The number of aromatic nitrogens is 3. The maximum atomic E-state index is 12.3. The van der Waals surface area contributed by atoms with Crippen LogP contribution in [0.25, 0.3) is 11.6 Å². The standard InChI is InChI=1S/C11H11N5O7S/c17-11-15-5-6(16(11)23-24(18,19)20)1-2-8(15)10-13-12-9(22-10)7-3-4-21-14-7/h3-4,6,8H,1-2,5H2,(H,18,19,20)/t6-,8+/m0/s1. The normalized spacial score (nSPS) is 24.0. The number of fused-ring (bicyclic) bond motifs is 2. The van der Waals surface area contributed by atoms with Crippen LogP contribution >= 0.6 is 0 Å². The molecule has 4 heterocycles. The summed E-state index contributed by atoms with van der Waals surface area (Å²) in [5.74, 6) is 0.354. The van der Waals surface area contributed by atoms with Crippen LogP contribution in [-0.2, 0) is 14.7 Å². The van der Waals surface area contributed by atoms with Crippen LogP contribution in [0, 0.1) is 0 Å². The lowest BCUT2D eigenvalue weighted by Gasteiger charge is -2.27. The summed E-state index contributed by atoms with van der Waals surface area (Å²) in [6.45, 7) is 0.223. The highest BCUT2D eigenvalue weighted by Gasteiger charge is 2.49. The van der Waals surface area contributed by atoms with Crippen LogP contribution in [0.3, 0.4) is 0 Å². The lowest BCUT2D eigenvalue weighted by molar-refractivity contribution is -0.0317. The van der Waals surface area contributed by atoms with Gasteiger partial charge in [0.15, 0.2) is 5.69 Å². The van der Waals surface area contributed by atoms with Crippen molar-refractivity contribution in [2.24, 2.45) is 0 Å². The molecule has 128 valence electrons. The van der Waals surface area contributed by atoms with Crippen LogP contribution in [0.2, 0.25) is 0 Å². The van der Waals surface area contributed by atoms with Crippen molar-refractivity contribution in [2.45, 2.75) is 24.9 Å². The third-order valence-corrected chi connectivity index (χ3v) is 4.23. The van der Waals surface area contributed by atoms with E-state index in [0.717, 1.165) is 0 Å². The summed E-state index contributed by atoms with van der Waals surface area (Å²) in [4.78, 5) is 13.7. The van der Waals surface area contributed by atoms with Crippen molar-refractivity contribution in [3.05, 3.63) is 18.2 Å². The van der Waals surface area contributed by atoms with Gasteiger partial charge in [-0.25, -0.2) is 4.79 Å². The number of piperidine rings is 1. The van der Waals surface area contributed by atoms with Gasteiger partial charge in [0.1, 0.15) is 12.3 Å². The highest BCUT2D eigenvalue weighted by molar-refractivity contribution is 7.80. The quantitative estimate of drug-likeness (QED) is 0.761. The fourth-order valence-electron chi connectivity index (χ4n) is 2.88. The van der Waals surface area contributed by atoms with Crippen molar-refractivity contribution in [1.82, 2.24) is 25.3 Å². The van der Waals surface area contributed by atoms with Crippen molar-refractivity contribution in [1.29, 1.82) is 0 Å². The Labute approximate surface area is 134 Å². The van der Waals surface area contributed by atoms with Gasteiger partial charge in [-0.1, -0.05) is 5.16 Å². The van der Waals surface area contributed by atoms with Crippen molar-refractivity contribution in [2.75, 3.05) is 6.54 Å². The first kappa shape index (κ1) is 15.0. The summed E-state index contributed by atoms with van der Waals surface area (Å²) in [5, 5.41) is 12.1. The topological polar surface area (TPSA) is 152 Å². The average Bonchev–Trinajstić information content (AvgIpc) is 3.24. The first-order chi connectivity index (χ1) is 11.4. The molecule has 0 spiro atoms. The Bertz CT molecular complexity index is 863. The molecule has 2 aliphatic rings. The molecule has 2 aromatic rings. The number of nitrogens with zero attached hydrogens (tertiary/aromatic N) is 5. The van der Waals surface area contributed by atoms with E-state index in [1.165, 1.54) is 11.2 Å². The monoisotopic (exact) mass is 357 g/mol. The zero-order valence-corrected chi connectivity index (χ0v) is 12.8. The Morgan fingerprint density at radius 3 is 2.88 bits per heavy atom. The van der Waals surface area contributed by atoms with Crippen molar-refractivity contribution >= 4 is 16.4 Å². The van der Waals surface area contributed by atoms with Gasteiger partial charge in [0.2, 0.25) is 5.89 Å². The molecule has 2 aliphatic heterocycles. The minimum atomic E-state index is -4.78. The van der Waals surface area contributed by atoms with Gasteiger partial charge in [-0.3, -0.25) is 4.55 Å². The summed E-state index contributed by atoms with van der Waals surface area (Å²) < 4.78 is 45.1. The van der Waals surface area contributed by atoms with E-state index in [9.17, 15) is 13.2 Å². The molecular weight excluding hydrogens is 346 g/mol.